The van der Waals surface area contributed by atoms with Gasteiger partial charge in [0.2, 0.25) is 5.28 Å². The van der Waals surface area contributed by atoms with E-state index in [1.54, 1.807) is 7.05 Å². The van der Waals surface area contributed by atoms with Gasteiger partial charge in [0, 0.05) is 7.05 Å². The molecule has 2 aromatic heterocycles. The molecule has 0 aliphatic carbocycles. The van der Waals surface area contributed by atoms with Gasteiger partial charge in [-0.15, -0.1) is 0 Å². The van der Waals surface area contributed by atoms with Crippen molar-refractivity contribution in [1.82, 2.24) is 19.5 Å². The zero-order valence-electron chi connectivity index (χ0n) is 12.0. The average molecular weight is 346 g/mol. The molecule has 5 atom stereocenters. The van der Waals surface area contributed by atoms with Gasteiger partial charge in [0.05, 0.1) is 12.9 Å². The molecule has 10 nitrogen and oxygen atoms in total. The summed E-state index contributed by atoms with van der Waals surface area (Å²) in [4.78, 5) is 12.2. The first-order valence-electron chi connectivity index (χ1n) is 6.86. The molecule has 0 aromatic carbocycles. The van der Waals surface area contributed by atoms with Crippen LogP contribution in [0, 0.1) is 0 Å². The molecule has 0 radical (unpaired) electrons. The minimum atomic E-state index is -1.37. The van der Waals surface area contributed by atoms with Crippen LogP contribution in [-0.2, 0) is 4.74 Å². The lowest BCUT2D eigenvalue weighted by atomic mass is 10.1. The van der Waals surface area contributed by atoms with Crippen LogP contribution in [0.15, 0.2) is 6.33 Å². The van der Waals surface area contributed by atoms with Crippen molar-refractivity contribution in [2.24, 2.45) is 0 Å². The Kier molecular flexibility index (Phi) is 4.36. The second kappa shape index (κ2) is 6.15. The maximum atomic E-state index is 10.2. The van der Waals surface area contributed by atoms with Gasteiger partial charge in [-0.25, -0.2) is 4.98 Å². The molecule has 3 heterocycles. The van der Waals surface area contributed by atoms with Crippen molar-refractivity contribution in [3.8, 4) is 0 Å². The maximum absolute atomic E-state index is 10.2. The molecule has 0 unspecified atom stereocenters. The van der Waals surface area contributed by atoms with Crippen LogP contribution in [0.1, 0.15) is 6.23 Å². The lowest BCUT2D eigenvalue weighted by molar-refractivity contribution is -0.0962. The number of halogens is 1. The van der Waals surface area contributed by atoms with Crippen molar-refractivity contribution in [3.05, 3.63) is 11.6 Å². The average Bonchev–Trinajstić information content (AvgIpc) is 3.08. The predicted molar refractivity (Wildman–Crippen MR) is 78.9 cm³/mol. The number of aliphatic hydroxyl groups is 4. The number of nitrogens with zero attached hydrogens (tertiary/aromatic N) is 4. The summed E-state index contributed by atoms with van der Waals surface area (Å²) in [5.41, 5.74) is 0.707. The third-order valence-electron chi connectivity index (χ3n) is 3.75. The highest BCUT2D eigenvalue weighted by Crippen LogP contribution is 2.33. The Bertz CT molecular complexity index is 712. The number of imidazole rings is 1. The van der Waals surface area contributed by atoms with E-state index in [-0.39, 0.29) is 5.28 Å². The number of nitrogens with one attached hydrogen (secondary N) is 1. The molecule has 0 amide bonds. The van der Waals surface area contributed by atoms with Crippen LogP contribution in [-0.4, -0.2) is 78.0 Å². The molecule has 3 rings (SSSR count). The molecule has 126 valence electrons. The topological polar surface area (TPSA) is 146 Å². The Morgan fingerprint density at radius 3 is 2.78 bits per heavy atom. The summed E-state index contributed by atoms with van der Waals surface area (Å²) in [5, 5.41) is 41.7. The quantitative estimate of drug-likeness (QED) is 0.417. The van der Waals surface area contributed by atoms with Crippen molar-refractivity contribution >= 4 is 28.6 Å². The third kappa shape index (κ3) is 2.63. The van der Waals surface area contributed by atoms with Crippen molar-refractivity contribution < 1.29 is 25.2 Å². The highest BCUT2D eigenvalue weighted by molar-refractivity contribution is 6.28. The minimum Gasteiger partial charge on any atom is -0.394 e. The number of anilines is 1. The zero-order valence-corrected chi connectivity index (χ0v) is 12.8. The zero-order chi connectivity index (χ0) is 16.7. The number of rotatable bonds is 4. The standard InChI is InChI=1S/C12H16ClN5O5/c1-14-9-5-10(17-12(13)16-9)18(3-15-5)11-7(22)6(21)8(23-11)4(20)2-19/h3-4,6-8,11,19-22H,2H2,1H3,(H,14,16,17)/t4-,6+,7-,8-,11-/m1/s1. The van der Waals surface area contributed by atoms with Crippen LogP contribution in [0.4, 0.5) is 5.82 Å². The summed E-state index contributed by atoms with van der Waals surface area (Å²) in [6.45, 7) is -0.607. The molecule has 23 heavy (non-hydrogen) atoms. The largest absolute Gasteiger partial charge is 0.394 e. The van der Waals surface area contributed by atoms with Gasteiger partial charge in [0.1, 0.15) is 24.4 Å². The Morgan fingerprint density at radius 1 is 1.39 bits per heavy atom. The maximum Gasteiger partial charge on any atom is 0.226 e. The molecule has 2 aromatic rings. The van der Waals surface area contributed by atoms with Crippen LogP contribution in [0.5, 0.6) is 0 Å². The van der Waals surface area contributed by atoms with Crippen molar-refractivity contribution in [3.63, 3.8) is 0 Å². The van der Waals surface area contributed by atoms with E-state index in [9.17, 15) is 15.3 Å². The lowest BCUT2D eigenvalue weighted by Gasteiger charge is -2.18. The number of hydrogen-bond donors (Lipinski definition) is 5. The number of aliphatic hydroxyl groups excluding tert-OH is 4. The Balaban J connectivity index is 2.02. The second-order valence-corrected chi connectivity index (χ2v) is 5.48. The lowest BCUT2D eigenvalue weighted by Crippen LogP contribution is -2.40. The van der Waals surface area contributed by atoms with Gasteiger partial charge in [-0.3, -0.25) is 4.57 Å². The van der Waals surface area contributed by atoms with E-state index in [4.69, 9.17) is 21.4 Å². The first kappa shape index (κ1) is 16.3. The summed E-state index contributed by atoms with van der Waals surface area (Å²) >= 11 is 5.88. The molecule has 1 aliphatic heterocycles. The summed E-state index contributed by atoms with van der Waals surface area (Å²) in [6.07, 6.45) is -4.86. The molecule has 5 N–H and O–H groups in total. The third-order valence-corrected chi connectivity index (χ3v) is 3.92. The predicted octanol–water partition coefficient (Wildman–Crippen LogP) is -1.51. The van der Waals surface area contributed by atoms with E-state index in [0.717, 1.165) is 0 Å². The molecule has 0 bridgehead atoms. The van der Waals surface area contributed by atoms with Gasteiger partial charge >= 0.3 is 0 Å². The fourth-order valence-corrected chi connectivity index (χ4v) is 2.75. The van der Waals surface area contributed by atoms with E-state index >= 15 is 0 Å². The van der Waals surface area contributed by atoms with Gasteiger partial charge in [-0.2, -0.15) is 9.97 Å². The minimum absolute atomic E-state index is 0.0245. The van der Waals surface area contributed by atoms with E-state index in [1.165, 1.54) is 10.9 Å². The van der Waals surface area contributed by atoms with Crippen LogP contribution in [0.3, 0.4) is 0 Å². The highest BCUT2D eigenvalue weighted by atomic mass is 35.5. The Hall–Kier alpha value is -1.56. The first-order chi connectivity index (χ1) is 11.0. The van der Waals surface area contributed by atoms with Gasteiger partial charge in [-0.05, 0) is 11.6 Å². The van der Waals surface area contributed by atoms with Crippen LogP contribution >= 0.6 is 11.6 Å². The molecule has 0 saturated carbocycles. The molecule has 1 fully saturated rings. The van der Waals surface area contributed by atoms with E-state index in [1.807, 2.05) is 0 Å². The van der Waals surface area contributed by atoms with E-state index < -0.39 is 37.3 Å². The summed E-state index contributed by atoms with van der Waals surface area (Å²) < 4.78 is 6.88. The number of aromatic nitrogens is 4. The van der Waals surface area contributed by atoms with Gasteiger partial charge in [0.25, 0.3) is 0 Å². The molecule has 1 saturated heterocycles. The highest BCUT2D eigenvalue weighted by Gasteiger charge is 2.47. The summed E-state index contributed by atoms with van der Waals surface area (Å²) in [7, 11) is 1.65. The second-order valence-electron chi connectivity index (χ2n) is 5.14. The SMILES string of the molecule is CNc1nc(Cl)nc2c1ncn2[C@@H]1O[C@H]([C@H](O)CO)[C@@H](O)[C@H]1O. The fourth-order valence-electron chi connectivity index (χ4n) is 2.59. The number of ether oxygens (including phenoxy) is 1. The number of hydrogen-bond acceptors (Lipinski definition) is 9. The molecular weight excluding hydrogens is 330 g/mol. The van der Waals surface area contributed by atoms with Crippen molar-refractivity contribution in [1.29, 1.82) is 0 Å². The summed E-state index contributed by atoms with van der Waals surface area (Å²) in [5.74, 6) is 0.402. The summed E-state index contributed by atoms with van der Waals surface area (Å²) in [6, 6.07) is 0. The van der Waals surface area contributed by atoms with Crippen LogP contribution < -0.4 is 5.32 Å². The monoisotopic (exact) mass is 345 g/mol. The fraction of sp³-hybridized carbons (Fsp3) is 0.583. The van der Waals surface area contributed by atoms with Crippen LogP contribution in [0.2, 0.25) is 5.28 Å². The first-order valence-corrected chi connectivity index (χ1v) is 7.24. The van der Waals surface area contributed by atoms with Crippen molar-refractivity contribution in [2.75, 3.05) is 19.0 Å². The molecule has 1 aliphatic rings. The Morgan fingerprint density at radius 2 is 2.13 bits per heavy atom. The van der Waals surface area contributed by atoms with Gasteiger partial charge in [-0.1, -0.05) is 0 Å². The van der Waals surface area contributed by atoms with Gasteiger partial charge < -0.3 is 30.5 Å². The normalized spacial score (nSPS) is 29.1. The van der Waals surface area contributed by atoms with Crippen molar-refractivity contribution in [2.45, 2.75) is 30.6 Å². The van der Waals surface area contributed by atoms with E-state index in [0.29, 0.717) is 17.0 Å². The molecule has 11 heteroatoms. The Labute approximate surface area is 135 Å². The van der Waals surface area contributed by atoms with Gasteiger partial charge in [0.15, 0.2) is 23.2 Å². The van der Waals surface area contributed by atoms with E-state index in [2.05, 4.69) is 20.3 Å². The number of fused-ring (bicyclic) bond motifs is 1. The molecular formula is C12H16ClN5O5. The van der Waals surface area contributed by atoms with Crippen LogP contribution in [0.25, 0.3) is 11.2 Å². The smallest absolute Gasteiger partial charge is 0.226 e. The molecule has 0 spiro atoms.